The van der Waals surface area contributed by atoms with Crippen LogP contribution in [0.15, 0.2) is 29.2 Å². The molecule has 0 atom stereocenters. The standard InChI is InChI=1S/C13H14F2N4O4S2/c1-23-7-6-16-25(21,22)9-4-2-8(3-5-9)11(20)17-13-19-18-12(24-13)10(14)15/h2-5,10,16H,6-7H2,1H3,(H,17,19,20). The number of methoxy groups -OCH3 is 1. The monoisotopic (exact) mass is 392 g/mol. The number of anilines is 1. The molecule has 1 aromatic heterocycles. The average Bonchev–Trinajstić information content (AvgIpc) is 3.04. The molecule has 12 heteroatoms. The van der Waals surface area contributed by atoms with Crippen LogP contribution < -0.4 is 10.0 Å². The number of halogens is 2. The molecule has 1 amide bonds. The van der Waals surface area contributed by atoms with E-state index >= 15 is 0 Å². The number of carbonyl (C=O) groups is 1. The second-order valence-electron chi connectivity index (χ2n) is 4.62. The van der Waals surface area contributed by atoms with Crippen LogP contribution in [0.5, 0.6) is 0 Å². The summed E-state index contributed by atoms with van der Waals surface area (Å²) < 4.78 is 55.9. The molecule has 8 nitrogen and oxygen atoms in total. The highest BCUT2D eigenvalue weighted by Gasteiger charge is 2.17. The zero-order valence-corrected chi connectivity index (χ0v) is 14.5. The molecule has 0 saturated carbocycles. The molecule has 2 rings (SSSR count). The first kappa shape index (κ1) is 19.3. The van der Waals surface area contributed by atoms with Gasteiger partial charge in [0, 0.05) is 19.2 Å². The molecule has 0 aliphatic heterocycles. The van der Waals surface area contributed by atoms with Crippen LogP contribution in [-0.4, -0.2) is 44.8 Å². The van der Waals surface area contributed by atoms with E-state index < -0.39 is 27.4 Å². The van der Waals surface area contributed by atoms with Crippen molar-refractivity contribution >= 4 is 32.4 Å². The Morgan fingerprint density at radius 2 is 1.96 bits per heavy atom. The molecule has 0 unspecified atom stereocenters. The first-order valence-electron chi connectivity index (χ1n) is 6.85. The van der Waals surface area contributed by atoms with Gasteiger partial charge in [0.2, 0.25) is 15.2 Å². The zero-order valence-electron chi connectivity index (χ0n) is 12.9. The SMILES string of the molecule is COCCNS(=O)(=O)c1ccc(C(=O)Nc2nnc(C(F)F)s2)cc1. The summed E-state index contributed by atoms with van der Waals surface area (Å²) in [6.45, 7) is 0.340. The van der Waals surface area contributed by atoms with E-state index in [1.807, 2.05) is 0 Å². The van der Waals surface area contributed by atoms with E-state index in [1.165, 1.54) is 31.4 Å². The molecule has 0 radical (unpaired) electrons. The maximum absolute atomic E-state index is 12.4. The normalized spacial score (nSPS) is 11.7. The minimum atomic E-state index is -3.71. The van der Waals surface area contributed by atoms with Crippen LogP contribution in [0.1, 0.15) is 21.8 Å². The molecule has 0 fully saturated rings. The molecule has 0 bridgehead atoms. The highest BCUT2D eigenvalue weighted by molar-refractivity contribution is 7.89. The maximum Gasteiger partial charge on any atom is 0.291 e. The van der Waals surface area contributed by atoms with Gasteiger partial charge in [0.05, 0.1) is 11.5 Å². The lowest BCUT2D eigenvalue weighted by Gasteiger charge is -2.07. The molecular formula is C13H14F2N4O4S2. The molecule has 0 spiro atoms. The fraction of sp³-hybridized carbons (Fsp3) is 0.308. The number of alkyl halides is 2. The Kier molecular flexibility index (Phi) is 6.47. The molecule has 136 valence electrons. The van der Waals surface area contributed by atoms with E-state index in [9.17, 15) is 22.0 Å². The van der Waals surface area contributed by atoms with Gasteiger partial charge in [-0.1, -0.05) is 11.3 Å². The topological polar surface area (TPSA) is 110 Å². The highest BCUT2D eigenvalue weighted by Crippen LogP contribution is 2.25. The second kappa shape index (κ2) is 8.38. The molecule has 1 heterocycles. The number of amides is 1. The van der Waals surface area contributed by atoms with E-state index in [4.69, 9.17) is 4.74 Å². The van der Waals surface area contributed by atoms with E-state index in [0.717, 1.165) is 0 Å². The summed E-state index contributed by atoms with van der Waals surface area (Å²) >= 11 is 0.561. The number of aromatic nitrogens is 2. The van der Waals surface area contributed by atoms with Crippen molar-refractivity contribution in [1.82, 2.24) is 14.9 Å². The van der Waals surface area contributed by atoms with Crippen LogP contribution in [0, 0.1) is 0 Å². The summed E-state index contributed by atoms with van der Waals surface area (Å²) in [6.07, 6.45) is -2.77. The number of benzene rings is 1. The summed E-state index contributed by atoms with van der Waals surface area (Å²) in [4.78, 5) is 12.0. The van der Waals surface area contributed by atoms with Gasteiger partial charge in [-0.3, -0.25) is 10.1 Å². The van der Waals surface area contributed by atoms with Crippen LogP contribution in [0.2, 0.25) is 0 Å². The van der Waals surface area contributed by atoms with Gasteiger partial charge in [0.25, 0.3) is 12.3 Å². The first-order chi connectivity index (χ1) is 11.8. The Hall–Kier alpha value is -2.02. The number of hydrogen-bond donors (Lipinski definition) is 2. The van der Waals surface area contributed by atoms with Crippen molar-refractivity contribution in [3.8, 4) is 0 Å². The van der Waals surface area contributed by atoms with Crippen molar-refractivity contribution in [1.29, 1.82) is 0 Å². The van der Waals surface area contributed by atoms with Gasteiger partial charge in [0.1, 0.15) is 0 Å². The van der Waals surface area contributed by atoms with Gasteiger partial charge in [0.15, 0.2) is 5.01 Å². The van der Waals surface area contributed by atoms with Crippen molar-refractivity contribution in [2.75, 3.05) is 25.6 Å². The number of hydrogen-bond acceptors (Lipinski definition) is 7. The van der Waals surface area contributed by atoms with Gasteiger partial charge in [-0.15, -0.1) is 10.2 Å². The van der Waals surface area contributed by atoms with Crippen LogP contribution in [0.4, 0.5) is 13.9 Å². The minimum absolute atomic E-state index is 0.0175. The Morgan fingerprint density at radius 3 is 2.52 bits per heavy atom. The molecule has 2 N–H and O–H groups in total. The third-order valence-electron chi connectivity index (χ3n) is 2.87. The van der Waals surface area contributed by atoms with Crippen molar-refractivity contribution in [3.05, 3.63) is 34.8 Å². The summed E-state index contributed by atoms with van der Waals surface area (Å²) in [7, 11) is -2.26. The zero-order chi connectivity index (χ0) is 18.4. The lowest BCUT2D eigenvalue weighted by molar-refractivity contribution is 0.102. The van der Waals surface area contributed by atoms with E-state index in [0.29, 0.717) is 11.3 Å². The van der Waals surface area contributed by atoms with E-state index in [2.05, 4.69) is 20.2 Å². The predicted octanol–water partition coefficient (Wildman–Crippen LogP) is 1.65. The van der Waals surface area contributed by atoms with Crippen LogP contribution in [0.3, 0.4) is 0 Å². The third-order valence-corrected chi connectivity index (χ3v) is 5.20. The lowest BCUT2D eigenvalue weighted by Crippen LogP contribution is -2.27. The summed E-state index contributed by atoms with van der Waals surface area (Å²) in [5.41, 5.74) is 0.143. The maximum atomic E-state index is 12.4. The molecule has 0 aliphatic rings. The molecule has 25 heavy (non-hydrogen) atoms. The summed E-state index contributed by atoms with van der Waals surface area (Å²) in [6, 6.07) is 5.12. The highest BCUT2D eigenvalue weighted by atomic mass is 32.2. The smallest absolute Gasteiger partial charge is 0.291 e. The Morgan fingerprint density at radius 1 is 1.28 bits per heavy atom. The van der Waals surface area contributed by atoms with E-state index in [1.54, 1.807) is 0 Å². The number of carbonyl (C=O) groups excluding carboxylic acids is 1. The van der Waals surface area contributed by atoms with Crippen molar-refractivity contribution in [3.63, 3.8) is 0 Å². The van der Waals surface area contributed by atoms with Crippen molar-refractivity contribution in [2.24, 2.45) is 0 Å². The largest absolute Gasteiger partial charge is 0.383 e. The molecule has 0 saturated heterocycles. The Balaban J connectivity index is 2.04. The van der Waals surface area contributed by atoms with Crippen molar-refractivity contribution < 1.29 is 26.7 Å². The fourth-order valence-electron chi connectivity index (χ4n) is 1.69. The Labute approximate surface area is 146 Å². The number of sulfonamides is 1. The quantitative estimate of drug-likeness (QED) is 0.661. The van der Waals surface area contributed by atoms with Crippen LogP contribution >= 0.6 is 11.3 Å². The fourth-order valence-corrected chi connectivity index (χ4v) is 3.30. The van der Waals surface area contributed by atoms with Crippen molar-refractivity contribution in [2.45, 2.75) is 11.3 Å². The number of nitrogens with zero attached hydrogens (tertiary/aromatic N) is 2. The second-order valence-corrected chi connectivity index (χ2v) is 7.39. The minimum Gasteiger partial charge on any atom is -0.383 e. The summed E-state index contributed by atoms with van der Waals surface area (Å²) in [5.74, 6) is -0.617. The lowest BCUT2D eigenvalue weighted by atomic mass is 10.2. The molecular weight excluding hydrogens is 378 g/mol. The Bertz CT molecular complexity index is 825. The molecule has 0 aliphatic carbocycles. The van der Waals surface area contributed by atoms with Gasteiger partial charge < -0.3 is 4.74 Å². The van der Waals surface area contributed by atoms with Gasteiger partial charge in [-0.05, 0) is 24.3 Å². The van der Waals surface area contributed by atoms with Gasteiger partial charge in [-0.2, -0.15) is 0 Å². The molecule has 1 aromatic carbocycles. The number of nitrogens with one attached hydrogen (secondary N) is 2. The van der Waals surface area contributed by atoms with Gasteiger partial charge >= 0.3 is 0 Å². The van der Waals surface area contributed by atoms with Gasteiger partial charge in [-0.25, -0.2) is 21.9 Å². The number of rotatable bonds is 8. The predicted molar refractivity (Wildman–Crippen MR) is 86.3 cm³/mol. The third kappa shape index (κ3) is 5.22. The molecule has 2 aromatic rings. The van der Waals surface area contributed by atoms with E-state index in [-0.39, 0.29) is 28.7 Å². The average molecular weight is 392 g/mol. The number of ether oxygens (including phenoxy) is 1. The van der Waals surface area contributed by atoms with Crippen LogP contribution in [-0.2, 0) is 14.8 Å². The summed E-state index contributed by atoms with van der Waals surface area (Å²) in [5, 5.41) is 8.44. The van der Waals surface area contributed by atoms with Crippen LogP contribution in [0.25, 0.3) is 0 Å². The first-order valence-corrected chi connectivity index (χ1v) is 9.15.